The van der Waals surface area contributed by atoms with Gasteiger partial charge < -0.3 is 10.5 Å². The van der Waals surface area contributed by atoms with Gasteiger partial charge in [0.25, 0.3) is 0 Å². The molecule has 1 heterocycles. The topological polar surface area (TPSA) is 35.2 Å². The van der Waals surface area contributed by atoms with Gasteiger partial charge in [-0.3, -0.25) is 0 Å². The number of para-hydroxylation sites is 1. The monoisotopic (exact) mass is 217 g/mol. The van der Waals surface area contributed by atoms with Crippen molar-refractivity contribution in [3.63, 3.8) is 0 Å². The molecule has 0 amide bonds. The zero-order chi connectivity index (χ0) is 11.0. The molecule has 1 unspecified atom stereocenters. The van der Waals surface area contributed by atoms with Gasteiger partial charge in [0.05, 0.1) is 6.61 Å². The summed E-state index contributed by atoms with van der Waals surface area (Å²) < 4.78 is 5.86. The number of hydrogen-bond donors (Lipinski definition) is 1. The average molecular weight is 217 g/mol. The van der Waals surface area contributed by atoms with Crippen LogP contribution in [0.3, 0.4) is 0 Å². The molecular weight excluding hydrogens is 198 g/mol. The summed E-state index contributed by atoms with van der Waals surface area (Å²) in [7, 11) is 0. The van der Waals surface area contributed by atoms with E-state index in [9.17, 15) is 0 Å². The molecule has 3 rings (SSSR count). The van der Waals surface area contributed by atoms with Crippen molar-refractivity contribution in [3.8, 4) is 5.75 Å². The first kappa shape index (κ1) is 10.2. The van der Waals surface area contributed by atoms with Crippen molar-refractivity contribution < 1.29 is 4.74 Å². The van der Waals surface area contributed by atoms with Gasteiger partial charge in [-0.05, 0) is 42.9 Å². The standard InChI is InChI=1S/C14H19NO/c15-10-14(6-3-7-14)12-8-11-4-1-2-5-13(11)16-9-12/h1-2,4-5,12H,3,6-10,15H2. The smallest absolute Gasteiger partial charge is 0.122 e. The van der Waals surface area contributed by atoms with Crippen LogP contribution in [0.15, 0.2) is 24.3 Å². The Labute approximate surface area is 96.8 Å². The summed E-state index contributed by atoms with van der Waals surface area (Å²) in [6, 6.07) is 8.40. The summed E-state index contributed by atoms with van der Waals surface area (Å²) in [6.45, 7) is 1.68. The third kappa shape index (κ3) is 1.44. The molecule has 2 nitrogen and oxygen atoms in total. The van der Waals surface area contributed by atoms with E-state index in [1.807, 2.05) is 6.07 Å². The molecule has 2 heteroatoms. The number of rotatable bonds is 2. The van der Waals surface area contributed by atoms with Crippen molar-refractivity contribution in [2.24, 2.45) is 17.1 Å². The van der Waals surface area contributed by atoms with Gasteiger partial charge in [0.1, 0.15) is 5.75 Å². The second kappa shape index (κ2) is 3.77. The largest absolute Gasteiger partial charge is 0.493 e. The first-order valence-electron chi connectivity index (χ1n) is 6.25. The first-order valence-corrected chi connectivity index (χ1v) is 6.25. The van der Waals surface area contributed by atoms with E-state index in [2.05, 4.69) is 18.2 Å². The highest BCUT2D eigenvalue weighted by Gasteiger charge is 2.44. The fourth-order valence-electron chi connectivity index (χ4n) is 3.13. The van der Waals surface area contributed by atoms with Crippen LogP contribution in [0, 0.1) is 11.3 Å². The summed E-state index contributed by atoms with van der Waals surface area (Å²) in [5, 5.41) is 0. The minimum absolute atomic E-state index is 0.382. The lowest BCUT2D eigenvalue weighted by atomic mass is 9.59. The number of hydrogen-bond acceptors (Lipinski definition) is 2. The summed E-state index contributed by atoms with van der Waals surface area (Å²) in [6.07, 6.45) is 5.07. The molecule has 1 aliphatic heterocycles. The van der Waals surface area contributed by atoms with Gasteiger partial charge in [-0.2, -0.15) is 0 Å². The number of benzene rings is 1. The van der Waals surface area contributed by atoms with E-state index in [1.54, 1.807) is 0 Å². The van der Waals surface area contributed by atoms with Crippen LogP contribution in [0.4, 0.5) is 0 Å². The Bertz CT molecular complexity index is 379. The zero-order valence-electron chi connectivity index (χ0n) is 9.61. The van der Waals surface area contributed by atoms with Crippen LogP contribution < -0.4 is 10.5 Å². The predicted molar refractivity (Wildman–Crippen MR) is 64.5 cm³/mol. The maximum Gasteiger partial charge on any atom is 0.122 e. The van der Waals surface area contributed by atoms with E-state index in [0.29, 0.717) is 11.3 Å². The molecule has 0 radical (unpaired) electrons. The molecule has 0 aromatic heterocycles. The Balaban J connectivity index is 1.82. The number of ether oxygens (including phenoxy) is 1. The average Bonchev–Trinajstić information content (AvgIpc) is 2.28. The first-order chi connectivity index (χ1) is 7.84. The molecule has 2 aliphatic rings. The summed E-state index contributed by atoms with van der Waals surface area (Å²) in [4.78, 5) is 0. The third-order valence-corrected chi connectivity index (χ3v) is 4.50. The molecule has 0 bridgehead atoms. The highest BCUT2D eigenvalue weighted by Crippen LogP contribution is 2.49. The van der Waals surface area contributed by atoms with Crippen molar-refractivity contribution in [2.75, 3.05) is 13.2 Å². The van der Waals surface area contributed by atoms with Crippen molar-refractivity contribution in [1.82, 2.24) is 0 Å². The lowest BCUT2D eigenvalue weighted by Crippen LogP contribution is -2.47. The molecule has 1 fully saturated rings. The molecule has 16 heavy (non-hydrogen) atoms. The Morgan fingerprint density at radius 1 is 1.31 bits per heavy atom. The normalized spacial score (nSPS) is 26.4. The van der Waals surface area contributed by atoms with E-state index in [4.69, 9.17) is 10.5 Å². The molecule has 0 spiro atoms. The Hall–Kier alpha value is -1.02. The maximum atomic E-state index is 5.96. The van der Waals surface area contributed by atoms with E-state index < -0.39 is 0 Å². The molecule has 1 aromatic carbocycles. The molecule has 2 N–H and O–H groups in total. The van der Waals surface area contributed by atoms with E-state index in [0.717, 1.165) is 25.3 Å². The molecule has 1 aliphatic carbocycles. The van der Waals surface area contributed by atoms with Gasteiger partial charge in [0.15, 0.2) is 0 Å². The van der Waals surface area contributed by atoms with Crippen LogP contribution in [0.5, 0.6) is 5.75 Å². The second-order valence-corrected chi connectivity index (χ2v) is 5.24. The summed E-state index contributed by atoms with van der Waals surface area (Å²) in [5.74, 6) is 1.70. The van der Waals surface area contributed by atoms with Crippen molar-refractivity contribution in [1.29, 1.82) is 0 Å². The second-order valence-electron chi connectivity index (χ2n) is 5.24. The van der Waals surface area contributed by atoms with Gasteiger partial charge in [0, 0.05) is 5.92 Å². The van der Waals surface area contributed by atoms with Gasteiger partial charge in [-0.1, -0.05) is 24.6 Å². The fourth-order valence-corrected chi connectivity index (χ4v) is 3.13. The lowest BCUT2D eigenvalue weighted by Gasteiger charge is -2.48. The molecule has 0 saturated heterocycles. The SMILES string of the molecule is NCC1(C2COc3ccccc3C2)CCC1. The highest BCUT2D eigenvalue weighted by atomic mass is 16.5. The predicted octanol–water partition coefficient (Wildman–Crippen LogP) is 2.37. The van der Waals surface area contributed by atoms with Gasteiger partial charge in [-0.25, -0.2) is 0 Å². The van der Waals surface area contributed by atoms with Crippen LogP contribution in [0.1, 0.15) is 24.8 Å². The van der Waals surface area contributed by atoms with Crippen LogP contribution in [0.25, 0.3) is 0 Å². The lowest BCUT2D eigenvalue weighted by molar-refractivity contribution is 0.0188. The van der Waals surface area contributed by atoms with E-state index in [1.165, 1.54) is 24.8 Å². The van der Waals surface area contributed by atoms with Gasteiger partial charge in [-0.15, -0.1) is 0 Å². The van der Waals surface area contributed by atoms with Crippen LogP contribution in [0.2, 0.25) is 0 Å². The molecule has 1 aromatic rings. The van der Waals surface area contributed by atoms with E-state index in [-0.39, 0.29) is 0 Å². The quantitative estimate of drug-likeness (QED) is 0.825. The minimum Gasteiger partial charge on any atom is -0.493 e. The third-order valence-electron chi connectivity index (χ3n) is 4.50. The van der Waals surface area contributed by atoms with Gasteiger partial charge in [0.2, 0.25) is 0 Å². The Morgan fingerprint density at radius 2 is 2.12 bits per heavy atom. The molecule has 86 valence electrons. The van der Waals surface area contributed by atoms with Gasteiger partial charge >= 0.3 is 0 Å². The molecule has 1 atom stereocenters. The zero-order valence-corrected chi connectivity index (χ0v) is 9.61. The van der Waals surface area contributed by atoms with E-state index >= 15 is 0 Å². The summed E-state index contributed by atoms with van der Waals surface area (Å²) in [5.41, 5.74) is 7.71. The highest BCUT2D eigenvalue weighted by molar-refractivity contribution is 5.35. The number of nitrogens with two attached hydrogens (primary N) is 1. The van der Waals surface area contributed by atoms with Crippen molar-refractivity contribution in [3.05, 3.63) is 29.8 Å². The molecular formula is C14H19NO. The minimum atomic E-state index is 0.382. The molecule has 1 saturated carbocycles. The fraction of sp³-hybridized carbons (Fsp3) is 0.571. The number of fused-ring (bicyclic) bond motifs is 1. The maximum absolute atomic E-state index is 5.96. The van der Waals surface area contributed by atoms with Crippen LogP contribution in [-0.4, -0.2) is 13.2 Å². The van der Waals surface area contributed by atoms with Crippen molar-refractivity contribution in [2.45, 2.75) is 25.7 Å². The van der Waals surface area contributed by atoms with Crippen LogP contribution >= 0.6 is 0 Å². The Kier molecular flexibility index (Phi) is 2.40. The Morgan fingerprint density at radius 3 is 2.81 bits per heavy atom. The summed E-state index contributed by atoms with van der Waals surface area (Å²) >= 11 is 0. The van der Waals surface area contributed by atoms with Crippen LogP contribution in [-0.2, 0) is 6.42 Å². The van der Waals surface area contributed by atoms with Crippen molar-refractivity contribution >= 4 is 0 Å².